The van der Waals surface area contributed by atoms with E-state index in [-0.39, 0.29) is 5.02 Å². The van der Waals surface area contributed by atoms with E-state index in [0.29, 0.717) is 12.8 Å². The first kappa shape index (κ1) is 15.0. The molecule has 0 saturated carbocycles. The predicted molar refractivity (Wildman–Crippen MR) is 80.7 cm³/mol. The van der Waals surface area contributed by atoms with Crippen LogP contribution < -0.4 is 0 Å². The lowest BCUT2D eigenvalue weighted by molar-refractivity contribution is 0.175. The summed E-state index contributed by atoms with van der Waals surface area (Å²) in [5, 5.41) is 10.3. The fraction of sp³-hybridized carbons (Fsp3) is 0.294. The predicted octanol–water partition coefficient (Wildman–Crippen LogP) is 4.24. The first-order valence-corrected chi connectivity index (χ1v) is 7.01. The fourth-order valence-electron chi connectivity index (χ4n) is 2.47. The van der Waals surface area contributed by atoms with Crippen LogP contribution in [0.5, 0.6) is 0 Å². The number of benzene rings is 2. The summed E-state index contributed by atoms with van der Waals surface area (Å²) in [5.74, 6) is -0.431. The van der Waals surface area contributed by atoms with E-state index < -0.39 is 11.9 Å². The van der Waals surface area contributed by atoms with Gasteiger partial charge in [0.1, 0.15) is 5.82 Å². The molecule has 2 rings (SSSR count). The molecule has 2 aromatic carbocycles. The summed E-state index contributed by atoms with van der Waals surface area (Å²) in [4.78, 5) is 0. The minimum absolute atomic E-state index is 0.0982. The number of halogens is 2. The van der Waals surface area contributed by atoms with Gasteiger partial charge in [-0.1, -0.05) is 47.0 Å². The van der Waals surface area contributed by atoms with Gasteiger partial charge < -0.3 is 5.11 Å². The molecule has 1 atom stereocenters. The van der Waals surface area contributed by atoms with E-state index >= 15 is 0 Å². The minimum Gasteiger partial charge on any atom is -0.392 e. The zero-order valence-electron chi connectivity index (χ0n) is 11.7. The summed E-state index contributed by atoms with van der Waals surface area (Å²) in [6.45, 7) is 4.09. The third kappa shape index (κ3) is 4.06. The molecule has 2 aromatic rings. The standard InChI is InChI=1S/C17H18ClFO/c1-11-5-12(2)7-14(6-11)9-15(20)8-13-3-4-17(19)16(18)10-13/h3-7,10,15,20H,8-9H2,1-2H3. The average Bonchev–Trinajstić information content (AvgIpc) is 2.32. The monoisotopic (exact) mass is 292 g/mol. The number of aliphatic hydroxyl groups is 1. The second-order valence-corrected chi connectivity index (χ2v) is 5.71. The minimum atomic E-state index is -0.502. The molecule has 1 unspecified atom stereocenters. The normalized spacial score (nSPS) is 12.4. The molecule has 1 N–H and O–H groups in total. The van der Waals surface area contributed by atoms with Gasteiger partial charge in [-0.05, 0) is 49.9 Å². The highest BCUT2D eigenvalue weighted by molar-refractivity contribution is 6.30. The van der Waals surface area contributed by atoms with Crippen molar-refractivity contribution >= 4 is 11.6 Å². The number of rotatable bonds is 4. The van der Waals surface area contributed by atoms with Gasteiger partial charge in [0, 0.05) is 0 Å². The van der Waals surface area contributed by atoms with Crippen LogP contribution in [-0.4, -0.2) is 11.2 Å². The van der Waals surface area contributed by atoms with E-state index in [9.17, 15) is 9.50 Å². The smallest absolute Gasteiger partial charge is 0.141 e. The summed E-state index contributed by atoms with van der Waals surface area (Å²) >= 11 is 5.74. The molecule has 0 aromatic heterocycles. The first-order chi connectivity index (χ1) is 9.44. The zero-order chi connectivity index (χ0) is 14.7. The van der Waals surface area contributed by atoms with Crippen molar-refractivity contribution in [2.45, 2.75) is 32.8 Å². The van der Waals surface area contributed by atoms with Gasteiger partial charge in [0.15, 0.2) is 0 Å². The highest BCUT2D eigenvalue weighted by Gasteiger charge is 2.09. The Labute approximate surface area is 124 Å². The van der Waals surface area contributed by atoms with Crippen LogP contribution in [0.15, 0.2) is 36.4 Å². The quantitative estimate of drug-likeness (QED) is 0.893. The summed E-state index contributed by atoms with van der Waals surface area (Å²) in [7, 11) is 0. The molecule has 106 valence electrons. The Morgan fingerprint density at radius 3 is 2.20 bits per heavy atom. The molecule has 0 radical (unpaired) electrons. The summed E-state index contributed by atoms with van der Waals surface area (Å²) in [6.07, 6.45) is 0.544. The van der Waals surface area contributed by atoms with Gasteiger partial charge in [-0.25, -0.2) is 4.39 Å². The van der Waals surface area contributed by atoms with E-state index in [1.807, 2.05) is 13.8 Å². The summed E-state index contributed by atoms with van der Waals surface area (Å²) in [5.41, 5.74) is 4.34. The van der Waals surface area contributed by atoms with E-state index in [0.717, 1.165) is 11.1 Å². The maximum atomic E-state index is 13.1. The van der Waals surface area contributed by atoms with Gasteiger partial charge in [0.2, 0.25) is 0 Å². The molecule has 0 aliphatic rings. The lowest BCUT2D eigenvalue weighted by Gasteiger charge is -2.12. The van der Waals surface area contributed by atoms with Crippen LogP contribution in [0.25, 0.3) is 0 Å². The van der Waals surface area contributed by atoms with E-state index in [2.05, 4.69) is 18.2 Å². The van der Waals surface area contributed by atoms with E-state index in [1.54, 1.807) is 12.1 Å². The van der Waals surface area contributed by atoms with Gasteiger partial charge >= 0.3 is 0 Å². The third-order valence-electron chi connectivity index (χ3n) is 3.21. The van der Waals surface area contributed by atoms with Crippen molar-refractivity contribution in [3.8, 4) is 0 Å². The summed E-state index contributed by atoms with van der Waals surface area (Å²) < 4.78 is 13.1. The first-order valence-electron chi connectivity index (χ1n) is 6.63. The van der Waals surface area contributed by atoms with Crippen LogP contribution in [-0.2, 0) is 12.8 Å². The highest BCUT2D eigenvalue weighted by atomic mass is 35.5. The SMILES string of the molecule is Cc1cc(C)cc(CC(O)Cc2ccc(F)c(Cl)c2)c1. The number of aliphatic hydroxyl groups excluding tert-OH is 1. The molecular formula is C17H18ClFO. The number of hydrogen-bond acceptors (Lipinski definition) is 1. The zero-order valence-corrected chi connectivity index (χ0v) is 12.4. The van der Waals surface area contributed by atoms with Crippen LogP contribution in [0, 0.1) is 19.7 Å². The second kappa shape index (κ2) is 6.38. The van der Waals surface area contributed by atoms with Gasteiger partial charge in [0.05, 0.1) is 11.1 Å². The number of aryl methyl sites for hydroxylation is 2. The Kier molecular flexibility index (Phi) is 4.79. The molecular weight excluding hydrogens is 275 g/mol. The number of hydrogen-bond donors (Lipinski definition) is 1. The van der Waals surface area contributed by atoms with E-state index in [1.165, 1.54) is 17.2 Å². The molecule has 0 spiro atoms. The molecule has 20 heavy (non-hydrogen) atoms. The second-order valence-electron chi connectivity index (χ2n) is 5.31. The fourth-order valence-corrected chi connectivity index (χ4v) is 2.67. The maximum absolute atomic E-state index is 13.1. The molecule has 0 bridgehead atoms. The molecule has 0 aliphatic carbocycles. The van der Waals surface area contributed by atoms with Crippen LogP contribution >= 0.6 is 11.6 Å². The summed E-state index contributed by atoms with van der Waals surface area (Å²) in [6, 6.07) is 10.8. The van der Waals surface area contributed by atoms with Gasteiger partial charge in [0.25, 0.3) is 0 Å². The van der Waals surface area contributed by atoms with Crippen LogP contribution in [0.3, 0.4) is 0 Å². The molecule has 3 heteroatoms. The van der Waals surface area contributed by atoms with Crippen LogP contribution in [0.2, 0.25) is 5.02 Å². The van der Waals surface area contributed by atoms with Gasteiger partial charge in [-0.2, -0.15) is 0 Å². The lowest BCUT2D eigenvalue weighted by Crippen LogP contribution is -2.14. The third-order valence-corrected chi connectivity index (χ3v) is 3.50. The van der Waals surface area contributed by atoms with Crippen molar-refractivity contribution in [3.63, 3.8) is 0 Å². The Bertz CT molecular complexity index is 590. The Morgan fingerprint density at radius 2 is 1.60 bits per heavy atom. The van der Waals surface area contributed by atoms with E-state index in [4.69, 9.17) is 11.6 Å². The molecule has 0 saturated heterocycles. The van der Waals surface area contributed by atoms with Crippen molar-refractivity contribution in [1.29, 1.82) is 0 Å². The maximum Gasteiger partial charge on any atom is 0.141 e. The lowest BCUT2D eigenvalue weighted by atomic mass is 9.98. The topological polar surface area (TPSA) is 20.2 Å². The molecule has 0 heterocycles. The van der Waals surface area contributed by atoms with Crippen molar-refractivity contribution in [1.82, 2.24) is 0 Å². The van der Waals surface area contributed by atoms with Crippen molar-refractivity contribution in [3.05, 3.63) is 69.5 Å². The van der Waals surface area contributed by atoms with Crippen molar-refractivity contribution in [2.75, 3.05) is 0 Å². The van der Waals surface area contributed by atoms with Gasteiger partial charge in [-0.3, -0.25) is 0 Å². The molecule has 0 amide bonds. The molecule has 0 fully saturated rings. The largest absolute Gasteiger partial charge is 0.392 e. The van der Waals surface area contributed by atoms with Crippen molar-refractivity contribution < 1.29 is 9.50 Å². The van der Waals surface area contributed by atoms with Crippen LogP contribution in [0.1, 0.15) is 22.3 Å². The Balaban J connectivity index is 2.04. The van der Waals surface area contributed by atoms with Gasteiger partial charge in [-0.15, -0.1) is 0 Å². The Hall–Kier alpha value is -1.38. The van der Waals surface area contributed by atoms with Crippen molar-refractivity contribution in [2.24, 2.45) is 0 Å². The average molecular weight is 293 g/mol. The molecule has 0 aliphatic heterocycles. The molecule has 1 nitrogen and oxygen atoms in total. The Morgan fingerprint density at radius 1 is 1.00 bits per heavy atom. The highest BCUT2D eigenvalue weighted by Crippen LogP contribution is 2.18. The van der Waals surface area contributed by atoms with Crippen LogP contribution in [0.4, 0.5) is 4.39 Å².